The fraction of sp³-hybridized carbons (Fsp3) is 0.296. The standard InChI is InChI=1S/C27H27N3O5/c31-21-10-8-18(9-11-21)15-22(25(33)29-27-13-4-7-24(27)35-17-23(27)32)28-26(34)30-14-12-20(16-30)19-5-2-1-3-6-19/h1-3,5-6,8-12,14,16,22,24,31H,4,7,13,15,17H2,(H,28,34)(H,29,33). The number of ether oxygens (including phenoxy) is 1. The van der Waals surface area contributed by atoms with Crippen LogP contribution in [0.25, 0.3) is 11.1 Å². The topological polar surface area (TPSA) is 110 Å². The summed E-state index contributed by atoms with van der Waals surface area (Å²) in [5.41, 5.74) is 1.59. The van der Waals surface area contributed by atoms with E-state index in [0.717, 1.165) is 23.1 Å². The quantitative estimate of drug-likeness (QED) is 0.510. The zero-order chi connectivity index (χ0) is 24.4. The molecule has 3 N–H and O–H groups in total. The first-order chi connectivity index (χ1) is 16.9. The number of Topliss-reactive ketones (excluding diaryl/α,β-unsaturated/α-hetero) is 1. The first kappa shape index (κ1) is 22.9. The highest BCUT2D eigenvalue weighted by atomic mass is 16.5. The molecule has 8 heteroatoms. The lowest BCUT2D eigenvalue weighted by atomic mass is 9.91. The molecule has 2 aromatic carbocycles. The monoisotopic (exact) mass is 473 g/mol. The summed E-state index contributed by atoms with van der Waals surface area (Å²) < 4.78 is 7.02. The number of benzene rings is 2. The maximum Gasteiger partial charge on any atom is 0.326 e. The fourth-order valence-corrected chi connectivity index (χ4v) is 4.97. The lowest BCUT2D eigenvalue weighted by Gasteiger charge is -2.30. The Morgan fingerprint density at radius 1 is 1.09 bits per heavy atom. The molecule has 1 aliphatic carbocycles. The van der Waals surface area contributed by atoms with E-state index in [2.05, 4.69) is 10.6 Å². The number of aromatic nitrogens is 1. The van der Waals surface area contributed by atoms with Gasteiger partial charge in [-0.05, 0) is 54.2 Å². The van der Waals surface area contributed by atoms with Crippen molar-refractivity contribution in [2.75, 3.05) is 6.61 Å². The third-order valence-corrected chi connectivity index (χ3v) is 6.87. The van der Waals surface area contributed by atoms with Gasteiger partial charge in [0.15, 0.2) is 5.78 Å². The van der Waals surface area contributed by atoms with Gasteiger partial charge in [-0.1, -0.05) is 42.5 Å². The zero-order valence-electron chi connectivity index (χ0n) is 19.1. The van der Waals surface area contributed by atoms with E-state index in [4.69, 9.17) is 4.74 Å². The molecule has 35 heavy (non-hydrogen) atoms. The van der Waals surface area contributed by atoms with Crippen molar-refractivity contribution in [3.63, 3.8) is 0 Å². The lowest BCUT2D eigenvalue weighted by molar-refractivity contribution is -0.130. The molecule has 0 spiro atoms. The van der Waals surface area contributed by atoms with Crippen molar-refractivity contribution in [3.05, 3.63) is 78.6 Å². The Balaban J connectivity index is 1.36. The SMILES string of the molecule is O=C(NC12CCCC1OCC2=O)C(Cc1ccc(O)cc1)NC(=O)n1ccc(-c2ccccc2)c1. The number of phenolic OH excluding ortho intramolecular Hbond substituents is 1. The molecule has 0 radical (unpaired) electrons. The van der Waals surface area contributed by atoms with Crippen molar-refractivity contribution >= 4 is 17.7 Å². The number of hydrogen-bond donors (Lipinski definition) is 3. The smallest absolute Gasteiger partial charge is 0.326 e. The average Bonchev–Trinajstić information content (AvgIpc) is 3.58. The number of amides is 2. The minimum atomic E-state index is -1.02. The fourth-order valence-electron chi connectivity index (χ4n) is 4.97. The predicted octanol–water partition coefficient (Wildman–Crippen LogP) is 3.04. The minimum Gasteiger partial charge on any atom is -0.508 e. The Morgan fingerprint density at radius 3 is 2.63 bits per heavy atom. The van der Waals surface area contributed by atoms with Gasteiger partial charge in [-0.3, -0.25) is 14.2 Å². The molecule has 1 saturated carbocycles. The van der Waals surface area contributed by atoms with Crippen LogP contribution in [-0.4, -0.2) is 51.7 Å². The van der Waals surface area contributed by atoms with E-state index in [9.17, 15) is 19.5 Å². The number of fused-ring (bicyclic) bond motifs is 1. The van der Waals surface area contributed by atoms with Crippen LogP contribution in [0, 0.1) is 0 Å². The molecule has 3 unspecified atom stereocenters. The molecule has 1 aromatic heterocycles. The summed E-state index contributed by atoms with van der Waals surface area (Å²) in [6.07, 6.45) is 5.25. The van der Waals surface area contributed by atoms with Gasteiger partial charge in [-0.2, -0.15) is 0 Å². The molecule has 2 aliphatic rings. The van der Waals surface area contributed by atoms with Crippen LogP contribution in [-0.2, 0) is 20.7 Å². The molecule has 1 saturated heterocycles. The highest BCUT2D eigenvalue weighted by molar-refractivity contribution is 5.98. The van der Waals surface area contributed by atoms with Crippen LogP contribution in [0.3, 0.4) is 0 Å². The summed E-state index contributed by atoms with van der Waals surface area (Å²) in [5.74, 6) is -0.449. The first-order valence-electron chi connectivity index (χ1n) is 11.7. The maximum atomic E-state index is 13.5. The van der Waals surface area contributed by atoms with Gasteiger partial charge >= 0.3 is 6.03 Å². The van der Waals surface area contributed by atoms with E-state index >= 15 is 0 Å². The summed E-state index contributed by atoms with van der Waals surface area (Å²) in [6.45, 7) is -0.00837. The van der Waals surface area contributed by atoms with Crippen molar-refractivity contribution in [1.29, 1.82) is 0 Å². The number of carbonyl (C=O) groups excluding carboxylic acids is 3. The number of rotatable bonds is 6. The maximum absolute atomic E-state index is 13.5. The van der Waals surface area contributed by atoms with Crippen molar-refractivity contribution in [2.24, 2.45) is 0 Å². The van der Waals surface area contributed by atoms with Gasteiger partial charge in [0.05, 0.1) is 6.10 Å². The average molecular weight is 474 g/mol. The molecule has 3 aromatic rings. The Hall–Kier alpha value is -3.91. The largest absolute Gasteiger partial charge is 0.508 e. The van der Waals surface area contributed by atoms with Gasteiger partial charge in [0.25, 0.3) is 0 Å². The second kappa shape index (κ2) is 9.38. The van der Waals surface area contributed by atoms with Crippen molar-refractivity contribution < 1.29 is 24.2 Å². The van der Waals surface area contributed by atoms with Crippen LogP contribution in [0.4, 0.5) is 4.79 Å². The predicted molar refractivity (Wildman–Crippen MR) is 129 cm³/mol. The number of nitrogens with one attached hydrogen (secondary N) is 2. The lowest BCUT2D eigenvalue weighted by Crippen LogP contribution is -2.61. The Bertz CT molecular complexity index is 1240. The number of phenols is 1. The van der Waals surface area contributed by atoms with Crippen LogP contribution in [0.1, 0.15) is 24.8 Å². The summed E-state index contributed by atoms with van der Waals surface area (Å²) in [6, 6.07) is 16.6. The minimum absolute atomic E-state index is 0.00837. The molecule has 1 aliphatic heterocycles. The van der Waals surface area contributed by atoms with Gasteiger partial charge in [-0.15, -0.1) is 0 Å². The molecule has 180 valence electrons. The molecule has 8 nitrogen and oxygen atoms in total. The molecule has 3 atom stereocenters. The van der Waals surface area contributed by atoms with E-state index in [1.807, 2.05) is 36.4 Å². The molecule has 0 bridgehead atoms. The van der Waals surface area contributed by atoms with E-state index < -0.39 is 23.5 Å². The number of aromatic hydroxyl groups is 1. The Kier molecular flexibility index (Phi) is 6.13. The van der Waals surface area contributed by atoms with E-state index in [1.54, 1.807) is 24.5 Å². The second-order valence-electron chi connectivity index (χ2n) is 9.12. The van der Waals surface area contributed by atoms with Crippen molar-refractivity contribution in [1.82, 2.24) is 15.2 Å². The van der Waals surface area contributed by atoms with E-state index in [0.29, 0.717) is 12.8 Å². The summed E-state index contributed by atoms with van der Waals surface area (Å²) >= 11 is 0. The first-order valence-corrected chi connectivity index (χ1v) is 11.7. The summed E-state index contributed by atoms with van der Waals surface area (Å²) in [7, 11) is 0. The van der Waals surface area contributed by atoms with Crippen LogP contribution in [0.5, 0.6) is 5.75 Å². The number of carbonyl (C=O) groups is 3. The third kappa shape index (κ3) is 4.57. The highest BCUT2D eigenvalue weighted by Crippen LogP contribution is 2.37. The number of hydrogen-bond acceptors (Lipinski definition) is 5. The van der Waals surface area contributed by atoms with Crippen molar-refractivity contribution in [2.45, 2.75) is 43.4 Å². The molecular formula is C27H27N3O5. The van der Waals surface area contributed by atoms with Crippen molar-refractivity contribution in [3.8, 4) is 16.9 Å². The summed E-state index contributed by atoms with van der Waals surface area (Å²) in [4.78, 5) is 39.2. The summed E-state index contributed by atoms with van der Waals surface area (Å²) in [5, 5.41) is 15.4. The second-order valence-corrected chi connectivity index (χ2v) is 9.12. The molecular weight excluding hydrogens is 446 g/mol. The normalized spacial score (nSPS) is 21.9. The molecule has 2 amide bonds. The van der Waals surface area contributed by atoms with Crippen LogP contribution >= 0.6 is 0 Å². The zero-order valence-corrected chi connectivity index (χ0v) is 19.1. The van der Waals surface area contributed by atoms with Gasteiger partial charge in [0.2, 0.25) is 5.91 Å². The van der Waals surface area contributed by atoms with Gasteiger partial charge in [0, 0.05) is 18.8 Å². The van der Waals surface area contributed by atoms with Gasteiger partial charge in [0.1, 0.15) is 23.9 Å². The molecule has 2 heterocycles. The number of ketones is 1. The highest BCUT2D eigenvalue weighted by Gasteiger charge is 2.55. The van der Waals surface area contributed by atoms with Crippen LogP contribution in [0.2, 0.25) is 0 Å². The van der Waals surface area contributed by atoms with Gasteiger partial charge in [-0.25, -0.2) is 4.79 Å². The van der Waals surface area contributed by atoms with E-state index in [-0.39, 0.29) is 30.7 Å². The Labute approximate surface area is 202 Å². The van der Waals surface area contributed by atoms with Crippen LogP contribution in [0.15, 0.2) is 73.1 Å². The molecule has 2 fully saturated rings. The number of nitrogens with zero attached hydrogens (tertiary/aromatic N) is 1. The molecule has 5 rings (SSSR count). The third-order valence-electron chi connectivity index (χ3n) is 6.87. The van der Waals surface area contributed by atoms with Gasteiger partial charge < -0.3 is 20.5 Å². The Morgan fingerprint density at radius 2 is 1.86 bits per heavy atom. The van der Waals surface area contributed by atoms with Crippen LogP contribution < -0.4 is 10.6 Å². The van der Waals surface area contributed by atoms with E-state index in [1.165, 1.54) is 16.7 Å².